The highest BCUT2D eigenvalue weighted by molar-refractivity contribution is 5.74. The van der Waals surface area contributed by atoms with E-state index in [1.54, 1.807) is 6.92 Å². The van der Waals surface area contributed by atoms with Gasteiger partial charge in [0.1, 0.15) is 0 Å². The molecule has 19 heavy (non-hydrogen) atoms. The van der Waals surface area contributed by atoms with E-state index < -0.39 is 11.6 Å². The van der Waals surface area contributed by atoms with Gasteiger partial charge in [-0.1, -0.05) is 6.07 Å². The summed E-state index contributed by atoms with van der Waals surface area (Å²) in [6.45, 7) is 3.37. The second-order valence-electron chi connectivity index (χ2n) is 4.63. The molecule has 2 atom stereocenters. The molecule has 0 saturated carbocycles. The maximum absolute atomic E-state index is 13.3. The van der Waals surface area contributed by atoms with E-state index in [2.05, 4.69) is 5.32 Å². The van der Waals surface area contributed by atoms with Gasteiger partial charge in [0.05, 0.1) is 12.5 Å². The molecule has 1 aliphatic rings. The van der Waals surface area contributed by atoms with Gasteiger partial charge in [-0.2, -0.15) is 0 Å². The first-order valence-corrected chi connectivity index (χ1v) is 6.45. The Bertz CT molecular complexity index is 465. The maximum Gasteiger partial charge on any atom is 0.309 e. The molecule has 0 spiro atoms. The molecule has 2 rings (SSSR count). The lowest BCUT2D eigenvalue weighted by molar-refractivity contribution is -0.149. The Labute approximate surface area is 111 Å². The van der Waals surface area contributed by atoms with Crippen molar-refractivity contribution in [3.8, 4) is 0 Å². The van der Waals surface area contributed by atoms with Gasteiger partial charge in [0, 0.05) is 12.5 Å². The van der Waals surface area contributed by atoms with Gasteiger partial charge in [-0.25, -0.2) is 8.78 Å². The fourth-order valence-corrected chi connectivity index (χ4v) is 2.48. The van der Waals surface area contributed by atoms with Crippen molar-refractivity contribution in [2.45, 2.75) is 19.3 Å². The van der Waals surface area contributed by atoms with Crippen LogP contribution in [-0.2, 0) is 9.53 Å². The van der Waals surface area contributed by atoms with Crippen LogP contribution >= 0.6 is 0 Å². The summed E-state index contributed by atoms with van der Waals surface area (Å²) in [7, 11) is 0. The third-order valence-corrected chi connectivity index (χ3v) is 3.44. The van der Waals surface area contributed by atoms with Crippen LogP contribution in [0.1, 0.15) is 24.8 Å². The number of piperidine rings is 1. The number of ether oxygens (including phenoxy) is 1. The fourth-order valence-electron chi connectivity index (χ4n) is 2.48. The smallest absolute Gasteiger partial charge is 0.309 e. The van der Waals surface area contributed by atoms with Crippen LogP contribution in [0.15, 0.2) is 18.2 Å². The third kappa shape index (κ3) is 3.10. The predicted octanol–water partition coefficient (Wildman–Crippen LogP) is 2.22. The van der Waals surface area contributed by atoms with Crippen LogP contribution in [0.25, 0.3) is 0 Å². The zero-order chi connectivity index (χ0) is 13.8. The first-order valence-electron chi connectivity index (χ1n) is 6.45. The van der Waals surface area contributed by atoms with Gasteiger partial charge in [0.25, 0.3) is 0 Å². The summed E-state index contributed by atoms with van der Waals surface area (Å²) in [5.41, 5.74) is 0.629. The highest BCUT2D eigenvalue weighted by Crippen LogP contribution is 2.31. The van der Waals surface area contributed by atoms with E-state index in [-0.39, 0.29) is 17.8 Å². The third-order valence-electron chi connectivity index (χ3n) is 3.44. The van der Waals surface area contributed by atoms with Gasteiger partial charge in [-0.05, 0) is 37.6 Å². The Morgan fingerprint density at radius 1 is 1.42 bits per heavy atom. The normalized spacial score (nSPS) is 23.1. The van der Waals surface area contributed by atoms with Crippen molar-refractivity contribution >= 4 is 5.97 Å². The van der Waals surface area contributed by atoms with Crippen LogP contribution in [0.5, 0.6) is 0 Å². The molecule has 104 valence electrons. The molecule has 3 nitrogen and oxygen atoms in total. The molecule has 1 aromatic rings. The molecule has 0 radical (unpaired) electrons. The largest absolute Gasteiger partial charge is 0.466 e. The Hall–Kier alpha value is -1.49. The summed E-state index contributed by atoms with van der Waals surface area (Å²) in [4.78, 5) is 11.9. The van der Waals surface area contributed by atoms with E-state index in [1.165, 1.54) is 12.1 Å². The quantitative estimate of drug-likeness (QED) is 0.855. The number of carbonyl (C=O) groups excluding carboxylic acids is 1. The second-order valence-corrected chi connectivity index (χ2v) is 4.63. The zero-order valence-corrected chi connectivity index (χ0v) is 10.8. The lowest BCUT2D eigenvalue weighted by Crippen LogP contribution is -2.39. The molecule has 1 saturated heterocycles. The number of halogens is 2. The molecule has 0 unspecified atom stereocenters. The van der Waals surface area contributed by atoms with Crippen molar-refractivity contribution in [1.82, 2.24) is 5.32 Å². The van der Waals surface area contributed by atoms with Gasteiger partial charge >= 0.3 is 5.97 Å². The van der Waals surface area contributed by atoms with Crippen LogP contribution in [0, 0.1) is 17.6 Å². The van der Waals surface area contributed by atoms with Gasteiger partial charge < -0.3 is 10.1 Å². The minimum absolute atomic E-state index is 0.178. The number of carbonyl (C=O) groups is 1. The second kappa shape index (κ2) is 6.10. The summed E-state index contributed by atoms with van der Waals surface area (Å²) in [6.07, 6.45) is 0.641. The van der Waals surface area contributed by atoms with Crippen molar-refractivity contribution in [1.29, 1.82) is 0 Å². The predicted molar refractivity (Wildman–Crippen MR) is 66.7 cm³/mol. The summed E-state index contributed by atoms with van der Waals surface area (Å²) >= 11 is 0. The van der Waals surface area contributed by atoms with Gasteiger partial charge in [0.15, 0.2) is 11.6 Å². The summed E-state index contributed by atoms with van der Waals surface area (Å²) in [6, 6.07) is 3.79. The number of hydrogen-bond acceptors (Lipinski definition) is 3. The van der Waals surface area contributed by atoms with Crippen molar-refractivity contribution < 1.29 is 18.3 Å². The van der Waals surface area contributed by atoms with E-state index in [1.807, 2.05) is 0 Å². The Morgan fingerprint density at radius 2 is 2.21 bits per heavy atom. The SMILES string of the molecule is CCOC(=O)[C@@H]1CCNC[C@@H]1c1ccc(F)c(F)c1. The molecule has 0 amide bonds. The summed E-state index contributed by atoms with van der Waals surface area (Å²) in [5, 5.41) is 3.17. The average Bonchev–Trinajstić information content (AvgIpc) is 2.42. The zero-order valence-electron chi connectivity index (χ0n) is 10.8. The minimum Gasteiger partial charge on any atom is -0.466 e. The number of esters is 1. The number of nitrogens with one attached hydrogen (secondary N) is 1. The molecule has 5 heteroatoms. The molecule has 0 bridgehead atoms. The molecule has 1 aliphatic heterocycles. The minimum atomic E-state index is -0.884. The van der Waals surface area contributed by atoms with Gasteiger partial charge in [-0.3, -0.25) is 4.79 Å². The Balaban J connectivity index is 2.23. The molecule has 1 N–H and O–H groups in total. The van der Waals surface area contributed by atoms with Crippen molar-refractivity contribution in [3.05, 3.63) is 35.4 Å². The summed E-state index contributed by atoms with van der Waals surface area (Å²) < 4.78 is 31.3. The monoisotopic (exact) mass is 269 g/mol. The van der Waals surface area contributed by atoms with Crippen LogP contribution in [0.2, 0.25) is 0 Å². The Kier molecular flexibility index (Phi) is 4.47. The van der Waals surface area contributed by atoms with Crippen molar-refractivity contribution in [2.24, 2.45) is 5.92 Å². The van der Waals surface area contributed by atoms with Crippen LogP contribution in [0.4, 0.5) is 8.78 Å². The number of hydrogen-bond donors (Lipinski definition) is 1. The lowest BCUT2D eigenvalue weighted by Gasteiger charge is -2.30. The molecule has 0 aliphatic carbocycles. The van der Waals surface area contributed by atoms with Crippen LogP contribution < -0.4 is 5.32 Å². The fraction of sp³-hybridized carbons (Fsp3) is 0.500. The molecular formula is C14H17F2NO2. The van der Waals surface area contributed by atoms with Gasteiger partial charge in [0.2, 0.25) is 0 Å². The van der Waals surface area contributed by atoms with E-state index in [9.17, 15) is 13.6 Å². The standard InChI is InChI=1S/C14H17F2NO2/c1-2-19-14(18)10-5-6-17-8-11(10)9-3-4-12(15)13(16)7-9/h3-4,7,10-11,17H,2,5-6,8H2,1H3/t10-,11-/m1/s1. The van der Waals surface area contributed by atoms with E-state index in [0.29, 0.717) is 25.1 Å². The van der Waals surface area contributed by atoms with Crippen LogP contribution in [-0.4, -0.2) is 25.7 Å². The van der Waals surface area contributed by atoms with Crippen LogP contribution in [0.3, 0.4) is 0 Å². The molecule has 1 aromatic carbocycles. The van der Waals surface area contributed by atoms with Crippen molar-refractivity contribution in [3.63, 3.8) is 0 Å². The maximum atomic E-state index is 13.3. The lowest BCUT2D eigenvalue weighted by atomic mass is 9.81. The average molecular weight is 269 g/mol. The first kappa shape index (κ1) is 13.9. The number of benzene rings is 1. The highest BCUT2D eigenvalue weighted by Gasteiger charge is 2.33. The molecule has 1 heterocycles. The Morgan fingerprint density at radius 3 is 2.89 bits per heavy atom. The van der Waals surface area contributed by atoms with E-state index in [0.717, 1.165) is 12.6 Å². The highest BCUT2D eigenvalue weighted by atomic mass is 19.2. The van der Waals surface area contributed by atoms with E-state index in [4.69, 9.17) is 4.74 Å². The van der Waals surface area contributed by atoms with Crippen molar-refractivity contribution in [2.75, 3.05) is 19.7 Å². The molecule has 0 aromatic heterocycles. The summed E-state index contributed by atoms with van der Waals surface area (Å²) in [5.74, 6) is -2.50. The molecule has 1 fully saturated rings. The van der Waals surface area contributed by atoms with Gasteiger partial charge in [-0.15, -0.1) is 0 Å². The molecular weight excluding hydrogens is 252 g/mol. The topological polar surface area (TPSA) is 38.3 Å². The van der Waals surface area contributed by atoms with E-state index >= 15 is 0 Å². The number of rotatable bonds is 3. The first-order chi connectivity index (χ1) is 9.13.